The zero-order valence-electron chi connectivity index (χ0n) is 14.4. The van der Waals surface area contributed by atoms with E-state index in [9.17, 15) is 9.59 Å². The zero-order chi connectivity index (χ0) is 17.8. The molecule has 6 heteroatoms. The lowest BCUT2D eigenvalue weighted by Crippen LogP contribution is -2.37. The van der Waals surface area contributed by atoms with Gasteiger partial charge in [0.05, 0.1) is 18.6 Å². The second-order valence-corrected chi connectivity index (χ2v) is 5.89. The lowest BCUT2D eigenvalue weighted by atomic mass is 10.2. The molecule has 134 valence electrons. The van der Waals surface area contributed by atoms with Crippen molar-refractivity contribution in [1.82, 2.24) is 4.90 Å². The molecule has 0 atom stereocenters. The zero-order valence-corrected chi connectivity index (χ0v) is 15.2. The van der Waals surface area contributed by atoms with E-state index in [0.29, 0.717) is 23.9 Å². The number of hydrogen-bond acceptors (Lipinski definition) is 4. The largest absolute Gasteiger partial charge is 0.482 e. The van der Waals surface area contributed by atoms with E-state index in [0.717, 1.165) is 25.7 Å². The van der Waals surface area contributed by atoms with Crippen LogP contribution in [0.1, 0.15) is 39.0 Å². The van der Waals surface area contributed by atoms with Crippen molar-refractivity contribution >= 4 is 23.5 Å². The Morgan fingerprint density at radius 3 is 2.54 bits per heavy atom. The molecule has 0 aliphatic rings. The van der Waals surface area contributed by atoms with Gasteiger partial charge in [0.1, 0.15) is 5.75 Å². The van der Waals surface area contributed by atoms with Gasteiger partial charge >= 0.3 is 5.97 Å². The van der Waals surface area contributed by atoms with Gasteiger partial charge in [-0.2, -0.15) is 0 Å². The first-order valence-electron chi connectivity index (χ1n) is 8.30. The van der Waals surface area contributed by atoms with Crippen molar-refractivity contribution in [2.45, 2.75) is 39.0 Å². The predicted molar refractivity (Wildman–Crippen MR) is 94.3 cm³/mol. The number of esters is 1. The molecule has 1 aromatic carbocycles. The number of carbonyl (C=O) groups excluding carboxylic acids is 2. The average Bonchev–Trinajstić information content (AvgIpc) is 2.59. The Morgan fingerprint density at radius 2 is 1.88 bits per heavy atom. The maximum absolute atomic E-state index is 12.4. The molecule has 0 saturated carbocycles. The summed E-state index contributed by atoms with van der Waals surface area (Å²) < 4.78 is 10.1. The molecule has 0 radical (unpaired) electrons. The third kappa shape index (κ3) is 7.68. The molecular formula is C18H26ClNO4. The van der Waals surface area contributed by atoms with E-state index in [1.165, 1.54) is 7.11 Å². The normalized spacial score (nSPS) is 10.3. The molecule has 0 aliphatic carbocycles. The van der Waals surface area contributed by atoms with E-state index in [4.69, 9.17) is 16.3 Å². The fraction of sp³-hybridized carbons (Fsp3) is 0.556. The molecule has 0 N–H and O–H groups in total. The summed E-state index contributed by atoms with van der Waals surface area (Å²) in [6.07, 6.45) is 4.42. The van der Waals surface area contributed by atoms with Gasteiger partial charge in [0, 0.05) is 13.1 Å². The standard InChI is InChI=1S/C18H26ClNO4/c1-3-4-5-8-12-20(13-11-18(22)23-2)17(21)14-24-16-10-7-6-9-15(16)19/h6-7,9-10H,3-5,8,11-14H2,1-2H3. The van der Waals surface area contributed by atoms with Crippen LogP contribution in [0.4, 0.5) is 0 Å². The highest BCUT2D eigenvalue weighted by Gasteiger charge is 2.16. The van der Waals surface area contributed by atoms with Crippen molar-refractivity contribution in [3.63, 3.8) is 0 Å². The molecule has 0 bridgehead atoms. The second-order valence-electron chi connectivity index (χ2n) is 5.49. The molecule has 0 unspecified atom stereocenters. The summed E-state index contributed by atoms with van der Waals surface area (Å²) in [4.78, 5) is 25.4. The summed E-state index contributed by atoms with van der Waals surface area (Å²) in [7, 11) is 1.34. The van der Waals surface area contributed by atoms with Crippen molar-refractivity contribution in [2.75, 3.05) is 26.8 Å². The Labute approximate surface area is 148 Å². The minimum atomic E-state index is -0.326. The Morgan fingerprint density at radius 1 is 1.12 bits per heavy atom. The fourth-order valence-electron chi connectivity index (χ4n) is 2.21. The molecule has 0 aliphatic heterocycles. The Hall–Kier alpha value is -1.75. The van der Waals surface area contributed by atoms with Crippen molar-refractivity contribution in [1.29, 1.82) is 0 Å². The number of unbranched alkanes of at least 4 members (excludes halogenated alkanes) is 3. The summed E-state index contributed by atoms with van der Waals surface area (Å²) in [5, 5.41) is 0.467. The first kappa shape index (κ1) is 20.3. The molecule has 5 nitrogen and oxygen atoms in total. The number of carbonyl (C=O) groups is 2. The highest BCUT2D eigenvalue weighted by atomic mass is 35.5. The van der Waals surface area contributed by atoms with Gasteiger partial charge in [-0.15, -0.1) is 0 Å². The predicted octanol–water partition coefficient (Wildman–Crippen LogP) is 3.69. The van der Waals surface area contributed by atoms with Crippen molar-refractivity contribution < 1.29 is 19.1 Å². The van der Waals surface area contributed by atoms with Crippen LogP contribution in [0.3, 0.4) is 0 Å². The van der Waals surface area contributed by atoms with Crippen LogP contribution in [-0.4, -0.2) is 43.6 Å². The monoisotopic (exact) mass is 355 g/mol. The highest BCUT2D eigenvalue weighted by molar-refractivity contribution is 6.32. The SMILES string of the molecule is CCCCCCN(CCC(=O)OC)C(=O)COc1ccccc1Cl. The summed E-state index contributed by atoms with van der Waals surface area (Å²) in [5.41, 5.74) is 0. The molecule has 1 rings (SSSR count). The van der Waals surface area contributed by atoms with Crippen molar-refractivity contribution in [2.24, 2.45) is 0 Å². The first-order chi connectivity index (χ1) is 11.6. The van der Waals surface area contributed by atoms with E-state index in [1.807, 2.05) is 0 Å². The Balaban J connectivity index is 2.54. The van der Waals surface area contributed by atoms with E-state index < -0.39 is 0 Å². The molecule has 0 heterocycles. The number of methoxy groups -OCH3 is 1. The van der Waals surface area contributed by atoms with Crippen LogP contribution in [0.25, 0.3) is 0 Å². The average molecular weight is 356 g/mol. The fourth-order valence-corrected chi connectivity index (χ4v) is 2.40. The number of rotatable bonds is 11. The van der Waals surface area contributed by atoms with Crippen LogP contribution in [0.5, 0.6) is 5.75 Å². The van der Waals surface area contributed by atoms with Gasteiger partial charge in [-0.3, -0.25) is 9.59 Å². The molecule has 0 aromatic heterocycles. The molecular weight excluding hydrogens is 330 g/mol. The summed E-state index contributed by atoms with van der Waals surface area (Å²) in [5.74, 6) is -0.00452. The van der Waals surface area contributed by atoms with Crippen LogP contribution in [0, 0.1) is 0 Å². The van der Waals surface area contributed by atoms with Crippen LogP contribution in [0.15, 0.2) is 24.3 Å². The van der Waals surface area contributed by atoms with Gasteiger partial charge in [0.2, 0.25) is 0 Å². The maximum Gasteiger partial charge on any atom is 0.307 e. The maximum atomic E-state index is 12.4. The van der Waals surface area contributed by atoms with E-state index in [2.05, 4.69) is 11.7 Å². The lowest BCUT2D eigenvalue weighted by Gasteiger charge is -2.22. The van der Waals surface area contributed by atoms with Crippen LogP contribution in [0.2, 0.25) is 5.02 Å². The number of para-hydroxylation sites is 1. The topological polar surface area (TPSA) is 55.8 Å². The van der Waals surface area contributed by atoms with Gasteiger partial charge in [-0.1, -0.05) is 49.9 Å². The third-order valence-corrected chi connectivity index (χ3v) is 3.95. The van der Waals surface area contributed by atoms with Crippen LogP contribution >= 0.6 is 11.6 Å². The summed E-state index contributed by atoms with van der Waals surface area (Å²) >= 11 is 6.02. The minimum Gasteiger partial charge on any atom is -0.482 e. The highest BCUT2D eigenvalue weighted by Crippen LogP contribution is 2.23. The minimum absolute atomic E-state index is 0.0985. The van der Waals surface area contributed by atoms with E-state index >= 15 is 0 Å². The van der Waals surface area contributed by atoms with Crippen LogP contribution in [-0.2, 0) is 14.3 Å². The number of hydrogen-bond donors (Lipinski definition) is 0. The third-order valence-electron chi connectivity index (χ3n) is 3.64. The number of nitrogens with zero attached hydrogens (tertiary/aromatic N) is 1. The summed E-state index contributed by atoms with van der Waals surface area (Å²) in [6.45, 7) is 2.99. The summed E-state index contributed by atoms with van der Waals surface area (Å²) in [6, 6.07) is 7.02. The second kappa shape index (κ2) is 11.7. The van der Waals surface area contributed by atoms with Gasteiger partial charge in [-0.05, 0) is 18.6 Å². The Kier molecular flexibility index (Phi) is 9.92. The van der Waals surface area contributed by atoms with Crippen LogP contribution < -0.4 is 4.74 Å². The van der Waals surface area contributed by atoms with Crippen molar-refractivity contribution in [3.05, 3.63) is 29.3 Å². The lowest BCUT2D eigenvalue weighted by molar-refractivity contribution is -0.142. The van der Waals surface area contributed by atoms with E-state index in [-0.39, 0.29) is 24.9 Å². The smallest absolute Gasteiger partial charge is 0.307 e. The molecule has 1 amide bonds. The quantitative estimate of drug-likeness (QED) is 0.448. The number of ether oxygens (including phenoxy) is 2. The molecule has 0 saturated heterocycles. The van der Waals surface area contributed by atoms with Gasteiger partial charge in [0.25, 0.3) is 5.91 Å². The Bertz CT molecular complexity index is 521. The number of amides is 1. The molecule has 24 heavy (non-hydrogen) atoms. The van der Waals surface area contributed by atoms with Gasteiger partial charge in [-0.25, -0.2) is 0 Å². The number of halogens is 1. The van der Waals surface area contributed by atoms with Gasteiger partial charge in [0.15, 0.2) is 6.61 Å². The van der Waals surface area contributed by atoms with Gasteiger partial charge < -0.3 is 14.4 Å². The molecule has 0 spiro atoms. The van der Waals surface area contributed by atoms with E-state index in [1.54, 1.807) is 29.2 Å². The first-order valence-corrected chi connectivity index (χ1v) is 8.68. The number of benzene rings is 1. The molecule has 1 aromatic rings. The van der Waals surface area contributed by atoms with Crippen molar-refractivity contribution in [3.8, 4) is 5.75 Å². The molecule has 0 fully saturated rings.